The first-order valence-electron chi connectivity index (χ1n) is 7.81. The van der Waals surface area contributed by atoms with Crippen molar-refractivity contribution in [3.05, 3.63) is 35.4 Å². The Labute approximate surface area is 134 Å². The lowest BCUT2D eigenvalue weighted by molar-refractivity contribution is -0.139. The number of carbonyl (C=O) groups is 3. The molecule has 1 spiro atoms. The van der Waals surface area contributed by atoms with Crippen LogP contribution in [0.1, 0.15) is 40.0 Å². The summed E-state index contributed by atoms with van der Waals surface area (Å²) in [6.45, 7) is 1.15. The van der Waals surface area contributed by atoms with Crippen molar-refractivity contribution in [3.63, 3.8) is 0 Å². The predicted octanol–water partition coefficient (Wildman–Crippen LogP) is 1.37. The monoisotopic (exact) mass is 316 g/mol. The largest absolute Gasteiger partial charge is 0.481 e. The minimum atomic E-state index is -0.719. The first kappa shape index (κ1) is 15.5. The Morgan fingerprint density at radius 3 is 2.43 bits per heavy atom. The van der Waals surface area contributed by atoms with E-state index in [0.29, 0.717) is 24.2 Å². The maximum atomic E-state index is 12.6. The number of carboxylic acid groups (broad SMARTS) is 1. The van der Waals surface area contributed by atoms with Gasteiger partial charge in [0.05, 0.1) is 5.92 Å². The summed E-state index contributed by atoms with van der Waals surface area (Å²) in [5, 5.41) is 11.7. The molecule has 6 heteroatoms. The maximum absolute atomic E-state index is 12.6. The summed E-state index contributed by atoms with van der Waals surface area (Å²) in [4.78, 5) is 37.1. The van der Waals surface area contributed by atoms with Gasteiger partial charge in [-0.2, -0.15) is 0 Å². The predicted molar refractivity (Wildman–Crippen MR) is 83.1 cm³/mol. The molecule has 0 radical (unpaired) electrons. The Hall–Kier alpha value is -2.37. The summed E-state index contributed by atoms with van der Waals surface area (Å²) in [6.07, 6.45) is 2.21. The Kier molecular flexibility index (Phi) is 3.83. The van der Waals surface area contributed by atoms with Gasteiger partial charge in [-0.25, -0.2) is 0 Å². The van der Waals surface area contributed by atoms with Gasteiger partial charge in [-0.05, 0) is 42.9 Å². The number of piperidine rings is 1. The fourth-order valence-electron chi connectivity index (χ4n) is 3.52. The van der Waals surface area contributed by atoms with Crippen LogP contribution in [-0.4, -0.2) is 47.9 Å². The van der Waals surface area contributed by atoms with E-state index in [0.717, 1.165) is 19.3 Å². The highest BCUT2D eigenvalue weighted by Gasteiger charge is 2.59. The van der Waals surface area contributed by atoms with E-state index in [2.05, 4.69) is 5.32 Å². The van der Waals surface area contributed by atoms with E-state index in [9.17, 15) is 14.4 Å². The van der Waals surface area contributed by atoms with Gasteiger partial charge in [0.15, 0.2) is 0 Å². The number of hydrogen-bond donors (Lipinski definition) is 2. The molecule has 2 aliphatic rings. The highest BCUT2D eigenvalue weighted by molar-refractivity contribution is 5.99. The number of nitrogens with zero attached hydrogens (tertiary/aromatic N) is 1. The summed E-state index contributed by atoms with van der Waals surface area (Å²) in [5.41, 5.74) is 0.861. The molecule has 122 valence electrons. The van der Waals surface area contributed by atoms with Crippen LogP contribution < -0.4 is 5.32 Å². The van der Waals surface area contributed by atoms with Crippen LogP contribution in [0.3, 0.4) is 0 Å². The Bertz CT molecular complexity index is 662. The lowest BCUT2D eigenvalue weighted by Crippen LogP contribution is -2.40. The van der Waals surface area contributed by atoms with Gasteiger partial charge in [0.1, 0.15) is 0 Å². The van der Waals surface area contributed by atoms with Gasteiger partial charge < -0.3 is 15.3 Å². The van der Waals surface area contributed by atoms with Gasteiger partial charge in [-0.15, -0.1) is 0 Å². The summed E-state index contributed by atoms with van der Waals surface area (Å²) >= 11 is 0. The molecule has 23 heavy (non-hydrogen) atoms. The zero-order valence-corrected chi connectivity index (χ0v) is 13.0. The standard InChI is InChI=1S/C17H20N2O4/c1-18-14(20)11-3-2-4-12(9-11)15(21)19-7-5-17(6-8-19)10-13(17)16(22)23/h2-4,9,13H,5-8,10H2,1H3,(H,18,20)(H,22,23). The molecule has 1 unspecified atom stereocenters. The van der Waals surface area contributed by atoms with Crippen LogP contribution in [0.25, 0.3) is 0 Å². The zero-order chi connectivity index (χ0) is 16.6. The van der Waals surface area contributed by atoms with Gasteiger partial charge in [-0.3, -0.25) is 14.4 Å². The fraction of sp³-hybridized carbons (Fsp3) is 0.471. The van der Waals surface area contributed by atoms with Crippen LogP contribution in [0, 0.1) is 11.3 Å². The summed E-state index contributed by atoms with van der Waals surface area (Å²) in [6, 6.07) is 6.67. The van der Waals surface area contributed by atoms with Crippen LogP contribution in [0.4, 0.5) is 0 Å². The van der Waals surface area contributed by atoms with Crippen molar-refractivity contribution in [3.8, 4) is 0 Å². The molecule has 1 heterocycles. The third-order valence-corrected chi connectivity index (χ3v) is 5.13. The molecule has 2 N–H and O–H groups in total. The second-order valence-corrected chi connectivity index (χ2v) is 6.41. The van der Waals surface area contributed by atoms with Crippen LogP contribution in [0.15, 0.2) is 24.3 Å². The van der Waals surface area contributed by atoms with Crippen molar-refractivity contribution in [2.75, 3.05) is 20.1 Å². The number of aliphatic carboxylic acids is 1. The third kappa shape index (κ3) is 2.81. The normalized spacial score (nSPS) is 21.8. The minimum Gasteiger partial charge on any atom is -0.481 e. The molecule has 2 amide bonds. The van der Waals surface area contributed by atoms with E-state index in [1.54, 1.807) is 36.2 Å². The molecule has 1 saturated heterocycles. The second-order valence-electron chi connectivity index (χ2n) is 6.41. The highest BCUT2D eigenvalue weighted by Crippen LogP contribution is 2.59. The Morgan fingerprint density at radius 1 is 1.22 bits per heavy atom. The average molecular weight is 316 g/mol. The number of benzene rings is 1. The van der Waals surface area contributed by atoms with E-state index >= 15 is 0 Å². The molecular weight excluding hydrogens is 296 g/mol. The van der Waals surface area contributed by atoms with E-state index < -0.39 is 5.97 Å². The van der Waals surface area contributed by atoms with E-state index in [1.165, 1.54) is 0 Å². The zero-order valence-electron chi connectivity index (χ0n) is 13.0. The molecule has 1 aliphatic heterocycles. The Balaban J connectivity index is 1.66. The number of amides is 2. The van der Waals surface area contributed by atoms with Crippen molar-refractivity contribution in [1.29, 1.82) is 0 Å². The fourth-order valence-corrected chi connectivity index (χ4v) is 3.52. The number of carbonyl (C=O) groups excluding carboxylic acids is 2. The molecule has 1 aromatic carbocycles. The first-order valence-corrected chi connectivity index (χ1v) is 7.81. The highest BCUT2D eigenvalue weighted by atomic mass is 16.4. The van der Waals surface area contributed by atoms with Gasteiger partial charge >= 0.3 is 5.97 Å². The van der Waals surface area contributed by atoms with Crippen molar-refractivity contribution < 1.29 is 19.5 Å². The van der Waals surface area contributed by atoms with Crippen LogP contribution in [-0.2, 0) is 4.79 Å². The smallest absolute Gasteiger partial charge is 0.307 e. The van der Waals surface area contributed by atoms with Crippen LogP contribution in [0.5, 0.6) is 0 Å². The molecule has 1 atom stereocenters. The molecule has 0 bridgehead atoms. The van der Waals surface area contributed by atoms with E-state index in [4.69, 9.17) is 5.11 Å². The number of rotatable bonds is 3. The van der Waals surface area contributed by atoms with Gasteiger partial charge in [0.2, 0.25) is 0 Å². The van der Waals surface area contributed by atoms with Crippen molar-refractivity contribution >= 4 is 17.8 Å². The first-order chi connectivity index (χ1) is 11.0. The number of nitrogens with one attached hydrogen (secondary N) is 1. The van der Waals surface area contributed by atoms with Crippen molar-refractivity contribution in [2.45, 2.75) is 19.3 Å². The lowest BCUT2D eigenvalue weighted by Gasteiger charge is -2.32. The number of carboxylic acids is 1. The van der Waals surface area contributed by atoms with Crippen LogP contribution in [0.2, 0.25) is 0 Å². The number of likely N-dealkylation sites (tertiary alicyclic amines) is 1. The quantitative estimate of drug-likeness (QED) is 0.882. The summed E-state index contributed by atoms with van der Waals surface area (Å²) < 4.78 is 0. The van der Waals surface area contributed by atoms with Crippen molar-refractivity contribution in [2.24, 2.45) is 11.3 Å². The lowest BCUT2D eigenvalue weighted by atomic mass is 9.90. The third-order valence-electron chi connectivity index (χ3n) is 5.13. The molecule has 1 aromatic rings. The van der Waals surface area contributed by atoms with E-state index in [1.807, 2.05) is 0 Å². The SMILES string of the molecule is CNC(=O)c1cccc(C(=O)N2CCC3(CC2)CC3C(=O)O)c1. The summed E-state index contributed by atoms with van der Waals surface area (Å²) in [5.74, 6) is -1.28. The number of hydrogen-bond acceptors (Lipinski definition) is 3. The molecule has 0 aromatic heterocycles. The van der Waals surface area contributed by atoms with Crippen molar-refractivity contribution in [1.82, 2.24) is 10.2 Å². The molecular formula is C17H20N2O4. The molecule has 1 saturated carbocycles. The van der Waals surface area contributed by atoms with Gasteiger partial charge in [-0.1, -0.05) is 6.07 Å². The van der Waals surface area contributed by atoms with Gasteiger partial charge in [0, 0.05) is 31.3 Å². The topological polar surface area (TPSA) is 86.7 Å². The summed E-state index contributed by atoms with van der Waals surface area (Å²) in [7, 11) is 1.55. The average Bonchev–Trinajstić information content (AvgIpc) is 3.28. The minimum absolute atomic E-state index is 0.0907. The molecule has 1 aliphatic carbocycles. The Morgan fingerprint density at radius 2 is 1.87 bits per heavy atom. The van der Waals surface area contributed by atoms with Crippen LogP contribution >= 0.6 is 0 Å². The molecule has 3 rings (SSSR count). The van der Waals surface area contributed by atoms with Gasteiger partial charge in [0.25, 0.3) is 11.8 Å². The second kappa shape index (κ2) is 5.68. The molecule has 6 nitrogen and oxygen atoms in total. The van der Waals surface area contributed by atoms with E-state index in [-0.39, 0.29) is 23.1 Å². The maximum Gasteiger partial charge on any atom is 0.307 e. The molecule has 2 fully saturated rings.